The summed E-state index contributed by atoms with van der Waals surface area (Å²) < 4.78 is 6.38. The molecule has 0 radical (unpaired) electrons. The van der Waals surface area contributed by atoms with Crippen LogP contribution in [0.4, 0.5) is 0 Å². The summed E-state index contributed by atoms with van der Waals surface area (Å²) in [6.07, 6.45) is 18.0. The van der Waals surface area contributed by atoms with E-state index in [1.807, 2.05) is 3.28 Å². The van der Waals surface area contributed by atoms with Crippen LogP contribution in [-0.2, 0) is 34.1 Å². The average Bonchev–Trinajstić information content (AvgIpc) is 3.55. The number of allylic oxidation sites excluding steroid dienone is 4. The first-order chi connectivity index (χ1) is 18.2. The SMILES string of the molecule is C1=[C]([Zr+2](=[CH]Cc2ccccc2)[c]2cccc3c2Cc2ccccc2-3)CC=C1C12CC3CC(CC(C3)C1)C2.[Cl-].[Cl-]. The van der Waals surface area contributed by atoms with Crippen molar-refractivity contribution in [2.24, 2.45) is 23.2 Å². The second-order valence-electron chi connectivity index (χ2n) is 12.7. The quantitative estimate of drug-likeness (QED) is 0.317. The molecule has 0 unspecified atom stereocenters. The van der Waals surface area contributed by atoms with Crippen LogP contribution in [0.2, 0.25) is 0 Å². The van der Waals surface area contributed by atoms with E-state index in [-0.39, 0.29) is 24.8 Å². The van der Waals surface area contributed by atoms with E-state index in [0.717, 1.165) is 30.6 Å². The molecule has 3 aromatic rings. The normalized spacial score (nSPS) is 27.2. The summed E-state index contributed by atoms with van der Waals surface area (Å²) in [7, 11) is 0. The van der Waals surface area contributed by atoms with Crippen molar-refractivity contribution in [1.29, 1.82) is 0 Å². The van der Waals surface area contributed by atoms with E-state index >= 15 is 0 Å². The maximum Gasteiger partial charge on any atom is -1.00 e. The second kappa shape index (κ2) is 11.0. The predicted octanol–water partition coefficient (Wildman–Crippen LogP) is 1.98. The number of hydrogen-bond donors (Lipinski definition) is 0. The number of halogens is 2. The largest absolute Gasteiger partial charge is 1.00 e. The van der Waals surface area contributed by atoms with Crippen molar-refractivity contribution in [1.82, 2.24) is 0 Å². The van der Waals surface area contributed by atoms with Gasteiger partial charge in [-0.15, -0.1) is 0 Å². The third-order valence-electron chi connectivity index (χ3n) is 10.4. The van der Waals surface area contributed by atoms with Gasteiger partial charge in [-0.1, -0.05) is 0 Å². The Morgan fingerprint density at radius 3 is 2.15 bits per heavy atom. The first-order valence-electron chi connectivity index (χ1n) is 14.6. The molecule has 6 aliphatic carbocycles. The molecule has 3 aromatic carbocycles. The zero-order valence-corrected chi connectivity index (χ0v) is 26.5. The van der Waals surface area contributed by atoms with Gasteiger partial charge in [-0.05, 0) is 0 Å². The monoisotopic (exact) mass is 628 g/mol. The fourth-order valence-corrected chi connectivity index (χ4v) is 15.9. The predicted molar refractivity (Wildman–Crippen MR) is 152 cm³/mol. The molecule has 0 spiro atoms. The standard InChI is InChI=1S/C15H19.C13H9.C8H8.2ClH.Zr/c1-2-4-14(3-1)15-8-11-5-12(9-15)7-13(6-11)10-15;1-3-7-12-10(5-1)9-11-6-2-4-8-13(11)12;1-2-8-6-4-3-5-7-8;;;/h3-4,11-13H,1,5-10H2;1-5,7-8H,9H2;1,3-7H,2H2;2*1H;/q;;;;;+2/p-2. The van der Waals surface area contributed by atoms with Crippen molar-refractivity contribution in [2.45, 2.75) is 57.8 Å². The van der Waals surface area contributed by atoms with Gasteiger partial charge in [0.2, 0.25) is 0 Å². The molecule has 4 fully saturated rings. The fourth-order valence-electron chi connectivity index (χ4n) is 9.20. The van der Waals surface area contributed by atoms with Crippen LogP contribution >= 0.6 is 0 Å². The summed E-state index contributed by atoms with van der Waals surface area (Å²) in [5, 5.41) is 0. The van der Waals surface area contributed by atoms with Gasteiger partial charge < -0.3 is 24.8 Å². The second-order valence-corrected chi connectivity index (χ2v) is 18.6. The molecule has 0 amide bonds. The molecule has 6 aliphatic rings. The van der Waals surface area contributed by atoms with E-state index in [0.29, 0.717) is 5.41 Å². The van der Waals surface area contributed by atoms with Gasteiger partial charge in [-0.3, -0.25) is 0 Å². The van der Waals surface area contributed by atoms with E-state index in [1.54, 1.807) is 14.4 Å². The van der Waals surface area contributed by atoms with Crippen LogP contribution in [0, 0.1) is 23.2 Å². The molecule has 0 N–H and O–H groups in total. The Kier molecular flexibility index (Phi) is 7.82. The third-order valence-corrected chi connectivity index (χ3v) is 17.0. The van der Waals surface area contributed by atoms with Crippen molar-refractivity contribution in [3.8, 4) is 11.1 Å². The van der Waals surface area contributed by atoms with Crippen molar-refractivity contribution in [2.75, 3.05) is 0 Å². The summed E-state index contributed by atoms with van der Waals surface area (Å²) >= 11 is -2.20. The molecule has 3 heteroatoms. The Bertz CT molecular complexity index is 1440. The zero-order chi connectivity index (χ0) is 24.4. The molecular weight excluding hydrogens is 595 g/mol. The van der Waals surface area contributed by atoms with E-state index < -0.39 is 21.3 Å². The molecule has 0 aliphatic heterocycles. The Hall–Kier alpha value is -1.53. The first kappa shape index (κ1) is 27.6. The van der Waals surface area contributed by atoms with Gasteiger partial charge in [0.15, 0.2) is 0 Å². The third kappa shape index (κ3) is 4.86. The maximum atomic E-state index is 2.82. The summed E-state index contributed by atoms with van der Waals surface area (Å²) in [6, 6.07) is 27.5. The van der Waals surface area contributed by atoms with Crippen LogP contribution < -0.4 is 28.1 Å². The molecule has 0 atom stereocenters. The van der Waals surface area contributed by atoms with Crippen LogP contribution in [0.15, 0.2) is 93.8 Å². The van der Waals surface area contributed by atoms with Crippen LogP contribution in [0.25, 0.3) is 11.1 Å². The molecule has 39 heavy (non-hydrogen) atoms. The van der Waals surface area contributed by atoms with Crippen molar-refractivity contribution >= 4 is 6.98 Å². The smallest absolute Gasteiger partial charge is 1.00 e. The van der Waals surface area contributed by atoms with Gasteiger partial charge in [0.25, 0.3) is 0 Å². The average molecular weight is 631 g/mol. The van der Waals surface area contributed by atoms with E-state index in [4.69, 9.17) is 0 Å². The topological polar surface area (TPSA) is 0 Å². The molecule has 198 valence electrons. The Morgan fingerprint density at radius 2 is 1.41 bits per heavy atom. The Labute approximate surface area is 254 Å². The molecule has 4 saturated carbocycles. The number of hydrogen-bond acceptors (Lipinski definition) is 0. The van der Waals surface area contributed by atoms with E-state index in [1.165, 1.54) is 67.2 Å². The Morgan fingerprint density at radius 1 is 0.744 bits per heavy atom. The van der Waals surface area contributed by atoms with Crippen LogP contribution in [0.5, 0.6) is 0 Å². The minimum absolute atomic E-state index is 0. The van der Waals surface area contributed by atoms with Crippen LogP contribution in [-0.4, -0.2) is 3.71 Å². The van der Waals surface area contributed by atoms with Crippen molar-refractivity contribution in [3.05, 3.63) is 110 Å². The molecular formula is C36H36Cl2Zr. The minimum Gasteiger partial charge on any atom is -1.00 e. The Balaban J connectivity index is 0.00000138. The van der Waals surface area contributed by atoms with Gasteiger partial charge >= 0.3 is 231 Å². The summed E-state index contributed by atoms with van der Waals surface area (Å²) in [5.74, 6) is 3.05. The van der Waals surface area contributed by atoms with Gasteiger partial charge in [-0.2, -0.15) is 0 Å². The van der Waals surface area contributed by atoms with Crippen molar-refractivity contribution in [3.63, 3.8) is 0 Å². The van der Waals surface area contributed by atoms with Crippen LogP contribution in [0.1, 0.15) is 61.6 Å². The molecule has 0 aromatic heterocycles. The number of fused-ring (bicyclic) bond motifs is 3. The summed E-state index contributed by atoms with van der Waals surface area (Å²) in [5.41, 5.74) is 9.90. The molecule has 0 nitrogen and oxygen atoms in total. The van der Waals surface area contributed by atoms with Gasteiger partial charge in [-0.25, -0.2) is 0 Å². The molecule has 0 saturated heterocycles. The summed E-state index contributed by atoms with van der Waals surface area (Å²) in [4.78, 5) is 0. The molecule has 0 heterocycles. The van der Waals surface area contributed by atoms with Gasteiger partial charge in [0.1, 0.15) is 0 Å². The van der Waals surface area contributed by atoms with E-state index in [9.17, 15) is 0 Å². The van der Waals surface area contributed by atoms with Crippen LogP contribution in [0.3, 0.4) is 0 Å². The maximum absolute atomic E-state index is 2.82. The number of rotatable bonds is 5. The number of benzene rings is 3. The fraction of sp³-hybridized carbons (Fsp3) is 0.361. The first-order valence-corrected chi connectivity index (χ1v) is 18.5. The van der Waals surface area contributed by atoms with Crippen molar-refractivity contribution < 1.29 is 46.1 Å². The van der Waals surface area contributed by atoms with Gasteiger partial charge in [0, 0.05) is 0 Å². The van der Waals surface area contributed by atoms with E-state index in [2.05, 4.69) is 88.7 Å². The summed E-state index contributed by atoms with van der Waals surface area (Å²) in [6.45, 7) is 0. The molecule has 4 bridgehead atoms. The van der Waals surface area contributed by atoms with Gasteiger partial charge in [0.05, 0.1) is 0 Å². The zero-order valence-electron chi connectivity index (χ0n) is 22.5. The minimum atomic E-state index is -2.20. The molecule has 9 rings (SSSR count).